The van der Waals surface area contributed by atoms with Gasteiger partial charge in [0.1, 0.15) is 23.0 Å². The third-order valence-corrected chi connectivity index (χ3v) is 4.55. The molecule has 1 aromatic heterocycles. The molecule has 1 N–H and O–H groups in total. The van der Waals surface area contributed by atoms with Crippen LogP contribution in [-0.4, -0.2) is 31.8 Å². The van der Waals surface area contributed by atoms with Crippen LogP contribution in [0, 0.1) is 0 Å². The first-order valence-electron chi connectivity index (χ1n) is 9.35. The number of furan rings is 1. The number of amides is 1. The molecule has 0 unspecified atom stereocenters. The summed E-state index contributed by atoms with van der Waals surface area (Å²) in [6.45, 7) is -0.206. The van der Waals surface area contributed by atoms with Gasteiger partial charge in [0.05, 0.1) is 24.1 Å². The SMILES string of the molecule is COc1ccc(OCC(=O)N/N=C\c2ccc(OC(=O)/C=C/c3ccco3)cc2)c(Br)c1. The number of ether oxygens (including phenoxy) is 3. The van der Waals surface area contributed by atoms with Gasteiger partial charge in [-0.25, -0.2) is 10.2 Å². The molecule has 0 saturated carbocycles. The van der Waals surface area contributed by atoms with Gasteiger partial charge in [-0.05, 0) is 82.2 Å². The lowest BCUT2D eigenvalue weighted by molar-refractivity contribution is -0.129. The maximum Gasteiger partial charge on any atom is 0.336 e. The van der Waals surface area contributed by atoms with E-state index in [9.17, 15) is 9.59 Å². The first kappa shape index (κ1) is 22.8. The normalized spacial score (nSPS) is 10.9. The lowest BCUT2D eigenvalue weighted by Gasteiger charge is -2.08. The van der Waals surface area contributed by atoms with E-state index in [0.717, 1.165) is 0 Å². The smallest absolute Gasteiger partial charge is 0.336 e. The molecule has 32 heavy (non-hydrogen) atoms. The number of hydrazone groups is 1. The maximum absolute atomic E-state index is 11.9. The number of nitrogens with zero attached hydrogens (tertiary/aromatic N) is 1. The van der Waals surface area contributed by atoms with Gasteiger partial charge in [-0.3, -0.25) is 4.79 Å². The molecule has 1 heterocycles. The number of halogens is 1. The molecule has 9 heteroatoms. The van der Waals surface area contributed by atoms with Crippen molar-refractivity contribution in [2.45, 2.75) is 0 Å². The highest BCUT2D eigenvalue weighted by Gasteiger charge is 2.06. The highest BCUT2D eigenvalue weighted by atomic mass is 79.9. The van der Waals surface area contributed by atoms with Gasteiger partial charge in [0.15, 0.2) is 6.61 Å². The van der Waals surface area contributed by atoms with Gasteiger partial charge in [0.25, 0.3) is 5.91 Å². The third-order valence-electron chi connectivity index (χ3n) is 3.93. The Labute approximate surface area is 192 Å². The van der Waals surface area contributed by atoms with Crippen molar-refractivity contribution >= 4 is 40.1 Å². The van der Waals surface area contributed by atoms with Crippen molar-refractivity contribution < 1.29 is 28.2 Å². The van der Waals surface area contributed by atoms with Gasteiger partial charge in [0.2, 0.25) is 0 Å². The van der Waals surface area contributed by atoms with Crippen LogP contribution in [0.15, 0.2) is 80.9 Å². The summed E-state index contributed by atoms with van der Waals surface area (Å²) >= 11 is 3.35. The number of benzene rings is 2. The number of methoxy groups -OCH3 is 1. The second kappa shape index (κ2) is 11.5. The minimum Gasteiger partial charge on any atom is -0.497 e. The second-order valence-corrected chi connectivity index (χ2v) is 7.07. The Balaban J connectivity index is 1.43. The Kier molecular flexibility index (Phi) is 8.22. The van der Waals surface area contributed by atoms with Crippen molar-refractivity contribution in [3.8, 4) is 17.2 Å². The molecule has 0 aliphatic rings. The highest BCUT2D eigenvalue weighted by molar-refractivity contribution is 9.10. The van der Waals surface area contributed by atoms with Gasteiger partial charge in [-0.1, -0.05) is 0 Å². The van der Waals surface area contributed by atoms with Gasteiger partial charge in [0, 0.05) is 6.08 Å². The minimum absolute atomic E-state index is 0.206. The van der Waals surface area contributed by atoms with Crippen LogP contribution in [0.5, 0.6) is 17.2 Å². The Morgan fingerprint density at radius 2 is 1.91 bits per heavy atom. The molecule has 3 aromatic rings. The Hall–Kier alpha value is -3.85. The summed E-state index contributed by atoms with van der Waals surface area (Å²) in [5, 5.41) is 3.89. The topological polar surface area (TPSA) is 99.4 Å². The average Bonchev–Trinajstić information content (AvgIpc) is 3.32. The zero-order chi connectivity index (χ0) is 22.8. The molecule has 2 aromatic carbocycles. The fraction of sp³-hybridized carbons (Fsp3) is 0.0870. The Morgan fingerprint density at radius 1 is 1.12 bits per heavy atom. The van der Waals surface area contributed by atoms with E-state index in [0.29, 0.717) is 33.0 Å². The summed E-state index contributed by atoms with van der Waals surface area (Å²) in [5.74, 6) is 1.16. The van der Waals surface area contributed by atoms with Crippen LogP contribution in [0.2, 0.25) is 0 Å². The summed E-state index contributed by atoms with van der Waals surface area (Å²) in [4.78, 5) is 23.7. The van der Waals surface area contributed by atoms with Gasteiger partial charge < -0.3 is 18.6 Å². The molecular weight excluding hydrogens is 480 g/mol. The largest absolute Gasteiger partial charge is 0.497 e. The van der Waals surface area contributed by atoms with Gasteiger partial charge >= 0.3 is 5.97 Å². The van der Waals surface area contributed by atoms with Crippen LogP contribution < -0.4 is 19.6 Å². The Bertz CT molecular complexity index is 1110. The number of nitrogens with one attached hydrogen (secondary N) is 1. The molecule has 1 amide bonds. The molecule has 0 aliphatic heterocycles. The first-order chi connectivity index (χ1) is 15.5. The molecule has 0 bridgehead atoms. The molecule has 0 atom stereocenters. The molecule has 0 radical (unpaired) electrons. The van der Waals surface area contributed by atoms with Crippen LogP contribution in [0.1, 0.15) is 11.3 Å². The van der Waals surface area contributed by atoms with Crippen molar-refractivity contribution in [3.05, 3.63) is 82.7 Å². The quantitative estimate of drug-likeness (QED) is 0.156. The van der Waals surface area contributed by atoms with Crippen molar-refractivity contribution in [1.82, 2.24) is 5.43 Å². The van der Waals surface area contributed by atoms with E-state index in [1.54, 1.807) is 61.7 Å². The van der Waals surface area contributed by atoms with Crippen molar-refractivity contribution in [3.63, 3.8) is 0 Å². The molecule has 3 rings (SSSR count). The second-order valence-electron chi connectivity index (χ2n) is 6.22. The molecule has 0 aliphatic carbocycles. The van der Waals surface area contributed by atoms with Crippen molar-refractivity contribution in [1.29, 1.82) is 0 Å². The lowest BCUT2D eigenvalue weighted by Crippen LogP contribution is -2.24. The highest BCUT2D eigenvalue weighted by Crippen LogP contribution is 2.28. The molecule has 0 spiro atoms. The fourth-order valence-corrected chi connectivity index (χ4v) is 2.86. The number of carbonyl (C=O) groups excluding carboxylic acids is 2. The summed E-state index contributed by atoms with van der Waals surface area (Å²) in [7, 11) is 1.56. The van der Waals surface area contributed by atoms with E-state index in [2.05, 4.69) is 26.5 Å². The van der Waals surface area contributed by atoms with E-state index in [1.807, 2.05) is 0 Å². The number of esters is 1. The number of rotatable bonds is 9. The molecule has 0 fully saturated rings. The lowest BCUT2D eigenvalue weighted by atomic mass is 10.2. The number of hydrogen-bond acceptors (Lipinski definition) is 7. The summed E-state index contributed by atoms with van der Waals surface area (Å²) in [6.07, 6.45) is 5.77. The van der Waals surface area contributed by atoms with E-state index >= 15 is 0 Å². The molecule has 164 valence electrons. The molecular formula is C23H19BrN2O6. The maximum atomic E-state index is 11.9. The van der Waals surface area contributed by atoms with Crippen molar-refractivity contribution in [2.75, 3.05) is 13.7 Å². The Morgan fingerprint density at radius 3 is 2.59 bits per heavy atom. The third kappa shape index (κ3) is 7.13. The monoisotopic (exact) mass is 498 g/mol. The number of hydrogen-bond donors (Lipinski definition) is 1. The van der Waals surface area contributed by atoms with E-state index in [1.165, 1.54) is 24.6 Å². The van der Waals surface area contributed by atoms with E-state index in [-0.39, 0.29) is 6.61 Å². The van der Waals surface area contributed by atoms with Gasteiger partial charge in [-0.15, -0.1) is 0 Å². The average molecular weight is 499 g/mol. The zero-order valence-corrected chi connectivity index (χ0v) is 18.6. The predicted molar refractivity (Wildman–Crippen MR) is 122 cm³/mol. The first-order valence-corrected chi connectivity index (χ1v) is 10.1. The standard InChI is InChI=1S/C23H19BrN2O6/c1-29-19-8-10-21(20(24)13-19)31-15-22(27)26-25-14-16-4-6-18(7-5-16)32-23(28)11-9-17-3-2-12-30-17/h2-14H,15H2,1H3,(H,26,27)/b11-9+,25-14-. The van der Waals surface area contributed by atoms with Crippen LogP contribution in [0.4, 0.5) is 0 Å². The van der Waals surface area contributed by atoms with E-state index in [4.69, 9.17) is 18.6 Å². The van der Waals surface area contributed by atoms with E-state index < -0.39 is 11.9 Å². The van der Waals surface area contributed by atoms with Crippen LogP contribution >= 0.6 is 15.9 Å². The van der Waals surface area contributed by atoms with Gasteiger partial charge in [-0.2, -0.15) is 5.10 Å². The van der Waals surface area contributed by atoms with Crippen LogP contribution in [0.3, 0.4) is 0 Å². The summed E-state index contributed by atoms with van der Waals surface area (Å²) in [5.41, 5.74) is 3.09. The number of carbonyl (C=O) groups is 2. The van der Waals surface area contributed by atoms with Crippen molar-refractivity contribution in [2.24, 2.45) is 5.10 Å². The summed E-state index contributed by atoms with van der Waals surface area (Å²) in [6, 6.07) is 15.2. The van der Waals surface area contributed by atoms with Crippen LogP contribution in [-0.2, 0) is 9.59 Å². The predicted octanol–water partition coefficient (Wildman–Crippen LogP) is 4.20. The fourth-order valence-electron chi connectivity index (χ4n) is 2.39. The molecule has 8 nitrogen and oxygen atoms in total. The van der Waals surface area contributed by atoms with Crippen LogP contribution in [0.25, 0.3) is 6.08 Å². The summed E-state index contributed by atoms with van der Waals surface area (Å²) < 4.78 is 21.5. The minimum atomic E-state index is -0.529. The zero-order valence-electron chi connectivity index (χ0n) is 17.0. The molecule has 0 saturated heterocycles.